The lowest BCUT2D eigenvalue weighted by atomic mass is 10.3. The van der Waals surface area contributed by atoms with E-state index in [0.29, 0.717) is 5.02 Å². The van der Waals surface area contributed by atoms with Crippen LogP contribution in [0.1, 0.15) is 0 Å². The minimum atomic E-state index is -0.525. The highest BCUT2D eigenvalue weighted by Gasteiger charge is 2.09. The predicted molar refractivity (Wildman–Crippen MR) is 76.7 cm³/mol. The molecule has 21 heavy (non-hydrogen) atoms. The number of halogens is 3. The fourth-order valence-electron chi connectivity index (χ4n) is 1.60. The van der Waals surface area contributed by atoms with Crippen LogP contribution in [0.25, 0.3) is 5.95 Å². The number of benzene rings is 1. The van der Waals surface area contributed by atoms with E-state index in [4.69, 9.17) is 23.2 Å². The number of hydrogen-bond donors (Lipinski definition) is 1. The molecule has 3 rings (SSSR count). The molecule has 0 aliphatic heterocycles. The molecule has 1 aromatic carbocycles. The maximum atomic E-state index is 13.7. The first-order valence-electron chi connectivity index (χ1n) is 5.74. The molecule has 2 aromatic heterocycles. The quantitative estimate of drug-likeness (QED) is 0.800. The lowest BCUT2D eigenvalue weighted by Gasteiger charge is -2.08. The van der Waals surface area contributed by atoms with E-state index >= 15 is 0 Å². The third kappa shape index (κ3) is 3.09. The Morgan fingerprint density at radius 2 is 2.00 bits per heavy atom. The lowest BCUT2D eigenvalue weighted by Crippen LogP contribution is -2.06. The van der Waals surface area contributed by atoms with Gasteiger partial charge in [-0.2, -0.15) is 15.0 Å². The summed E-state index contributed by atoms with van der Waals surface area (Å²) < 4.78 is 15.3. The molecule has 2 heterocycles. The van der Waals surface area contributed by atoms with Crippen molar-refractivity contribution in [2.24, 2.45) is 0 Å². The number of nitrogens with one attached hydrogen (secondary N) is 1. The van der Waals surface area contributed by atoms with Crippen LogP contribution in [0, 0.1) is 5.82 Å². The Morgan fingerprint density at radius 3 is 2.71 bits per heavy atom. The van der Waals surface area contributed by atoms with Crippen molar-refractivity contribution < 1.29 is 4.39 Å². The van der Waals surface area contributed by atoms with Gasteiger partial charge in [-0.3, -0.25) is 4.57 Å². The maximum Gasteiger partial charge on any atom is 0.241 e. The monoisotopic (exact) mass is 324 g/mol. The first-order valence-corrected chi connectivity index (χ1v) is 6.49. The van der Waals surface area contributed by atoms with E-state index in [-0.39, 0.29) is 22.9 Å². The zero-order chi connectivity index (χ0) is 14.8. The van der Waals surface area contributed by atoms with Crippen LogP contribution < -0.4 is 5.32 Å². The van der Waals surface area contributed by atoms with Crippen molar-refractivity contribution in [1.82, 2.24) is 24.5 Å². The highest BCUT2D eigenvalue weighted by atomic mass is 35.5. The van der Waals surface area contributed by atoms with Gasteiger partial charge in [0.2, 0.25) is 17.2 Å². The fourth-order valence-corrected chi connectivity index (χ4v) is 1.91. The third-order valence-electron chi connectivity index (χ3n) is 2.51. The average Bonchev–Trinajstić information content (AvgIpc) is 2.95. The first-order chi connectivity index (χ1) is 10.1. The maximum absolute atomic E-state index is 13.7. The molecule has 0 spiro atoms. The molecule has 0 radical (unpaired) electrons. The van der Waals surface area contributed by atoms with Gasteiger partial charge in [0.05, 0.1) is 5.69 Å². The van der Waals surface area contributed by atoms with Gasteiger partial charge in [-0.25, -0.2) is 9.37 Å². The fraction of sp³-hybridized carbons (Fsp3) is 0. The van der Waals surface area contributed by atoms with Crippen LogP contribution in [0.3, 0.4) is 0 Å². The van der Waals surface area contributed by atoms with Crippen LogP contribution in [0.5, 0.6) is 0 Å². The summed E-state index contributed by atoms with van der Waals surface area (Å²) in [6, 6.07) is 4.21. The summed E-state index contributed by atoms with van der Waals surface area (Å²) in [4.78, 5) is 15.9. The van der Waals surface area contributed by atoms with Crippen molar-refractivity contribution in [2.75, 3.05) is 5.32 Å². The molecule has 0 aliphatic carbocycles. The van der Waals surface area contributed by atoms with Crippen molar-refractivity contribution >= 4 is 34.8 Å². The van der Waals surface area contributed by atoms with Gasteiger partial charge in [-0.15, -0.1) is 0 Å². The molecule has 0 saturated carbocycles. The van der Waals surface area contributed by atoms with Crippen molar-refractivity contribution in [3.63, 3.8) is 0 Å². The molecule has 0 saturated heterocycles. The summed E-state index contributed by atoms with van der Waals surface area (Å²) in [5.74, 6) is -0.146. The smallest absolute Gasteiger partial charge is 0.241 e. The molecular weight excluding hydrogens is 318 g/mol. The number of imidazole rings is 1. The summed E-state index contributed by atoms with van der Waals surface area (Å²) in [7, 11) is 0. The van der Waals surface area contributed by atoms with Gasteiger partial charge < -0.3 is 5.32 Å². The van der Waals surface area contributed by atoms with Crippen molar-refractivity contribution in [1.29, 1.82) is 0 Å². The molecule has 0 unspecified atom stereocenters. The predicted octanol–water partition coefficient (Wildman–Crippen LogP) is 3.25. The van der Waals surface area contributed by atoms with Gasteiger partial charge >= 0.3 is 0 Å². The largest absolute Gasteiger partial charge is 0.321 e. The van der Waals surface area contributed by atoms with Crippen LogP contribution in [0.2, 0.25) is 10.3 Å². The van der Waals surface area contributed by atoms with E-state index in [1.165, 1.54) is 18.5 Å². The van der Waals surface area contributed by atoms with Gasteiger partial charge in [0.1, 0.15) is 12.1 Å². The molecule has 0 amide bonds. The van der Waals surface area contributed by atoms with Crippen LogP contribution in [0.15, 0.2) is 36.9 Å². The van der Waals surface area contributed by atoms with Crippen LogP contribution in [-0.2, 0) is 0 Å². The van der Waals surface area contributed by atoms with E-state index in [0.717, 1.165) is 0 Å². The molecule has 0 fully saturated rings. The second-order valence-electron chi connectivity index (χ2n) is 3.95. The lowest BCUT2D eigenvalue weighted by molar-refractivity contribution is 0.631. The van der Waals surface area contributed by atoms with Crippen molar-refractivity contribution in [3.05, 3.63) is 53.0 Å². The first kappa shape index (κ1) is 13.7. The molecule has 9 heteroatoms. The minimum absolute atomic E-state index is 0.0226. The minimum Gasteiger partial charge on any atom is -0.321 e. The average molecular weight is 325 g/mol. The number of hydrogen-bond acceptors (Lipinski definition) is 5. The Bertz CT molecular complexity index is 777. The van der Waals surface area contributed by atoms with Gasteiger partial charge in [0, 0.05) is 17.4 Å². The molecule has 3 aromatic rings. The Kier molecular flexibility index (Phi) is 3.68. The summed E-state index contributed by atoms with van der Waals surface area (Å²) in [6.45, 7) is 0. The summed E-state index contributed by atoms with van der Waals surface area (Å²) in [5.41, 5.74) is 0.179. The number of nitrogens with zero attached hydrogens (tertiary/aromatic N) is 5. The highest BCUT2D eigenvalue weighted by Crippen LogP contribution is 2.22. The summed E-state index contributed by atoms with van der Waals surface area (Å²) >= 11 is 11.5. The SMILES string of the molecule is Fc1cc(Cl)ccc1Nc1nc(Cl)nc(-n2ccnc2)n1. The Hall–Kier alpha value is -2.25. The topological polar surface area (TPSA) is 68.5 Å². The van der Waals surface area contributed by atoms with Gasteiger partial charge in [-0.05, 0) is 29.8 Å². The Labute approximate surface area is 128 Å². The summed E-state index contributed by atoms with van der Waals surface area (Å²) in [6.07, 6.45) is 4.74. The van der Waals surface area contributed by atoms with Gasteiger partial charge in [0.25, 0.3) is 0 Å². The molecule has 0 bridgehead atoms. The second kappa shape index (κ2) is 5.63. The number of aromatic nitrogens is 5. The molecule has 0 aliphatic rings. The third-order valence-corrected chi connectivity index (χ3v) is 2.91. The number of rotatable bonds is 3. The Balaban J connectivity index is 1.95. The van der Waals surface area contributed by atoms with Gasteiger partial charge in [0.15, 0.2) is 0 Å². The van der Waals surface area contributed by atoms with Gasteiger partial charge in [-0.1, -0.05) is 11.6 Å². The zero-order valence-corrected chi connectivity index (χ0v) is 11.8. The number of anilines is 2. The molecule has 6 nitrogen and oxygen atoms in total. The standard InChI is InChI=1S/C12H7Cl2FN6/c13-7-1-2-9(8(15)5-7)17-11-18-10(14)19-12(20-11)21-4-3-16-6-21/h1-6H,(H,17,18,19,20). The van der Waals surface area contributed by atoms with E-state index in [9.17, 15) is 4.39 Å². The normalized spacial score (nSPS) is 10.6. The van der Waals surface area contributed by atoms with Crippen LogP contribution in [0.4, 0.5) is 16.0 Å². The van der Waals surface area contributed by atoms with E-state index < -0.39 is 5.82 Å². The molecular formula is C12H7Cl2FN6. The zero-order valence-electron chi connectivity index (χ0n) is 10.3. The highest BCUT2D eigenvalue weighted by molar-refractivity contribution is 6.30. The molecule has 106 valence electrons. The summed E-state index contributed by atoms with van der Waals surface area (Å²) in [5, 5.41) is 3.00. The van der Waals surface area contributed by atoms with Crippen molar-refractivity contribution in [2.45, 2.75) is 0 Å². The van der Waals surface area contributed by atoms with Crippen LogP contribution in [-0.4, -0.2) is 24.5 Å². The molecule has 1 N–H and O–H groups in total. The second-order valence-corrected chi connectivity index (χ2v) is 4.72. The van der Waals surface area contributed by atoms with Crippen molar-refractivity contribution in [3.8, 4) is 5.95 Å². The van der Waals surface area contributed by atoms with E-state index in [2.05, 4.69) is 25.3 Å². The van der Waals surface area contributed by atoms with E-state index in [1.54, 1.807) is 23.0 Å². The Morgan fingerprint density at radius 1 is 1.14 bits per heavy atom. The van der Waals surface area contributed by atoms with Crippen LogP contribution >= 0.6 is 23.2 Å². The molecule has 0 atom stereocenters. The van der Waals surface area contributed by atoms with E-state index in [1.807, 2.05) is 0 Å².